The first-order valence-electron chi connectivity index (χ1n) is 6.02. The van der Waals surface area contributed by atoms with Crippen molar-refractivity contribution in [3.8, 4) is 6.07 Å². The van der Waals surface area contributed by atoms with Crippen molar-refractivity contribution in [2.45, 2.75) is 6.18 Å². The lowest BCUT2D eigenvalue weighted by atomic mass is 10.0. The Hall–Kier alpha value is -1.68. The lowest BCUT2D eigenvalue weighted by molar-refractivity contribution is -0.141. The number of nitriles is 1. The van der Waals surface area contributed by atoms with E-state index in [2.05, 4.69) is 5.10 Å². The molecule has 0 aliphatic heterocycles. The fourth-order valence-electron chi connectivity index (χ4n) is 1.85. The maximum atomic E-state index is 13.0. The molecule has 120 valence electrons. The number of allylic oxidation sites excluding steroid dienone is 1. The van der Waals surface area contributed by atoms with Crippen LogP contribution in [0, 0.1) is 11.3 Å². The van der Waals surface area contributed by atoms with Crippen LogP contribution in [0.15, 0.2) is 18.2 Å². The van der Waals surface area contributed by atoms with E-state index in [4.69, 9.17) is 34.8 Å². The summed E-state index contributed by atoms with van der Waals surface area (Å²) < 4.78 is 40.0. The smallest absolute Gasteiger partial charge is 0.256 e. The maximum absolute atomic E-state index is 13.0. The molecule has 2 aromatic rings. The molecule has 2 rings (SSSR count). The SMILES string of the molecule is Cn1nc(C(F)(F)F)c(C=C(C#N)c2ccc(Cl)c(Cl)c2)c1Cl. The molecule has 3 nitrogen and oxygen atoms in total. The van der Waals surface area contributed by atoms with Crippen LogP contribution in [0.4, 0.5) is 13.2 Å². The van der Waals surface area contributed by atoms with E-state index in [1.54, 1.807) is 0 Å². The fraction of sp³-hybridized carbons (Fsp3) is 0.143. The molecule has 0 fully saturated rings. The van der Waals surface area contributed by atoms with Gasteiger partial charge in [-0.05, 0) is 23.8 Å². The van der Waals surface area contributed by atoms with Gasteiger partial charge in [0.05, 0.1) is 21.7 Å². The van der Waals surface area contributed by atoms with Gasteiger partial charge in [0.15, 0.2) is 5.69 Å². The van der Waals surface area contributed by atoms with Gasteiger partial charge in [-0.15, -0.1) is 0 Å². The second-order valence-electron chi connectivity index (χ2n) is 4.47. The molecule has 0 radical (unpaired) electrons. The Kier molecular flexibility index (Phi) is 4.95. The van der Waals surface area contributed by atoms with Gasteiger partial charge in [0.2, 0.25) is 0 Å². The summed E-state index contributed by atoms with van der Waals surface area (Å²) in [7, 11) is 1.28. The number of aryl methyl sites for hydroxylation is 1. The van der Waals surface area contributed by atoms with E-state index in [1.807, 2.05) is 6.07 Å². The highest BCUT2D eigenvalue weighted by molar-refractivity contribution is 6.42. The molecule has 23 heavy (non-hydrogen) atoms. The Morgan fingerprint density at radius 1 is 1.26 bits per heavy atom. The monoisotopic (exact) mass is 379 g/mol. The van der Waals surface area contributed by atoms with Crippen molar-refractivity contribution in [1.29, 1.82) is 5.26 Å². The number of hydrogen-bond acceptors (Lipinski definition) is 2. The first-order valence-corrected chi connectivity index (χ1v) is 7.15. The molecular weight excluding hydrogens is 374 g/mol. The number of nitrogens with zero attached hydrogens (tertiary/aromatic N) is 3. The van der Waals surface area contributed by atoms with Gasteiger partial charge in [0.1, 0.15) is 5.15 Å². The van der Waals surface area contributed by atoms with Crippen molar-refractivity contribution in [1.82, 2.24) is 9.78 Å². The van der Waals surface area contributed by atoms with Crippen molar-refractivity contribution in [3.63, 3.8) is 0 Å². The molecule has 0 atom stereocenters. The van der Waals surface area contributed by atoms with Crippen molar-refractivity contribution in [2.75, 3.05) is 0 Å². The second kappa shape index (κ2) is 6.44. The quantitative estimate of drug-likeness (QED) is 0.649. The number of halogens is 6. The van der Waals surface area contributed by atoms with E-state index < -0.39 is 11.9 Å². The summed E-state index contributed by atoms with van der Waals surface area (Å²) in [5, 5.41) is 12.8. The minimum atomic E-state index is -4.70. The fourth-order valence-corrected chi connectivity index (χ4v) is 2.33. The Morgan fingerprint density at radius 3 is 2.43 bits per heavy atom. The average Bonchev–Trinajstić information content (AvgIpc) is 2.75. The van der Waals surface area contributed by atoms with Gasteiger partial charge in [0, 0.05) is 12.6 Å². The van der Waals surface area contributed by atoms with Crippen LogP contribution in [0.25, 0.3) is 11.6 Å². The van der Waals surface area contributed by atoms with Crippen LogP contribution >= 0.6 is 34.8 Å². The van der Waals surface area contributed by atoms with Crippen molar-refractivity contribution >= 4 is 46.5 Å². The van der Waals surface area contributed by atoms with Gasteiger partial charge < -0.3 is 0 Å². The summed E-state index contributed by atoms with van der Waals surface area (Å²) >= 11 is 17.5. The zero-order valence-corrected chi connectivity index (χ0v) is 13.7. The van der Waals surface area contributed by atoms with Crippen molar-refractivity contribution in [3.05, 3.63) is 50.2 Å². The molecular formula is C14H7Cl3F3N3. The van der Waals surface area contributed by atoms with Gasteiger partial charge in [-0.3, -0.25) is 4.68 Å². The van der Waals surface area contributed by atoms with E-state index in [0.717, 1.165) is 10.8 Å². The molecule has 0 bridgehead atoms. The zero-order chi connectivity index (χ0) is 17.4. The number of rotatable bonds is 2. The summed E-state index contributed by atoms with van der Waals surface area (Å²) in [6, 6.07) is 6.13. The Labute approximate surface area is 144 Å². The Balaban J connectivity index is 2.64. The lowest BCUT2D eigenvalue weighted by Gasteiger charge is -2.05. The van der Waals surface area contributed by atoms with E-state index >= 15 is 0 Å². The molecule has 0 N–H and O–H groups in total. The number of alkyl halides is 3. The third kappa shape index (κ3) is 3.63. The molecule has 0 saturated carbocycles. The van der Waals surface area contributed by atoms with Crippen LogP contribution in [0.1, 0.15) is 16.8 Å². The molecule has 0 unspecified atom stereocenters. The van der Waals surface area contributed by atoms with Gasteiger partial charge in [-0.2, -0.15) is 23.5 Å². The minimum absolute atomic E-state index is 0.0519. The minimum Gasteiger partial charge on any atom is -0.256 e. The van der Waals surface area contributed by atoms with Gasteiger partial charge in [-0.1, -0.05) is 40.9 Å². The standard InChI is InChI=1S/C14H7Cl3F3N3/c1-23-13(17)9(12(22-23)14(18,19)20)4-8(6-21)7-2-3-10(15)11(16)5-7/h2-5H,1H3. The third-order valence-corrected chi connectivity index (χ3v) is 4.11. The molecule has 0 aliphatic rings. The number of aromatic nitrogens is 2. The van der Waals surface area contributed by atoms with Gasteiger partial charge in [-0.25, -0.2) is 0 Å². The molecule has 0 aliphatic carbocycles. The van der Waals surface area contributed by atoms with Crippen LogP contribution in [-0.4, -0.2) is 9.78 Å². The van der Waals surface area contributed by atoms with E-state index in [9.17, 15) is 18.4 Å². The highest BCUT2D eigenvalue weighted by Gasteiger charge is 2.38. The summed E-state index contributed by atoms with van der Waals surface area (Å²) in [4.78, 5) is 0. The van der Waals surface area contributed by atoms with E-state index in [0.29, 0.717) is 5.56 Å². The molecule has 0 amide bonds. The Morgan fingerprint density at radius 2 is 1.91 bits per heavy atom. The first kappa shape index (κ1) is 17.7. The third-order valence-electron chi connectivity index (χ3n) is 2.92. The predicted octanol–water partition coefficient (Wildman–Crippen LogP) is 5.46. The molecule has 0 saturated heterocycles. The summed E-state index contributed by atoms with van der Waals surface area (Å²) in [6.07, 6.45) is -3.67. The van der Waals surface area contributed by atoms with E-state index in [1.165, 1.54) is 25.2 Å². The maximum Gasteiger partial charge on any atom is 0.435 e. The number of hydrogen-bond donors (Lipinski definition) is 0. The molecule has 1 aromatic heterocycles. The summed E-state index contributed by atoms with van der Waals surface area (Å²) in [5.74, 6) is 0. The Bertz CT molecular complexity index is 832. The van der Waals surface area contributed by atoms with Gasteiger partial charge in [0.25, 0.3) is 0 Å². The highest BCUT2D eigenvalue weighted by atomic mass is 35.5. The van der Waals surface area contributed by atoms with Crippen LogP contribution < -0.4 is 0 Å². The molecule has 9 heteroatoms. The topological polar surface area (TPSA) is 41.6 Å². The average molecular weight is 381 g/mol. The van der Waals surface area contributed by atoms with Crippen LogP contribution in [0.3, 0.4) is 0 Å². The van der Waals surface area contributed by atoms with Crippen LogP contribution in [-0.2, 0) is 13.2 Å². The van der Waals surface area contributed by atoms with Crippen molar-refractivity contribution in [2.24, 2.45) is 7.05 Å². The van der Waals surface area contributed by atoms with Crippen LogP contribution in [0.5, 0.6) is 0 Å². The van der Waals surface area contributed by atoms with Crippen LogP contribution in [0.2, 0.25) is 15.2 Å². The summed E-state index contributed by atoms with van der Waals surface area (Å²) in [6.45, 7) is 0. The number of benzene rings is 1. The largest absolute Gasteiger partial charge is 0.435 e. The molecule has 1 heterocycles. The second-order valence-corrected chi connectivity index (χ2v) is 5.65. The van der Waals surface area contributed by atoms with Gasteiger partial charge >= 0.3 is 6.18 Å². The molecule has 0 spiro atoms. The van der Waals surface area contributed by atoms with Crippen molar-refractivity contribution < 1.29 is 13.2 Å². The summed E-state index contributed by atoms with van der Waals surface area (Å²) in [5.41, 5.74) is -1.29. The highest BCUT2D eigenvalue weighted by Crippen LogP contribution is 2.36. The zero-order valence-electron chi connectivity index (χ0n) is 11.4. The van der Waals surface area contributed by atoms with E-state index in [-0.39, 0.29) is 26.3 Å². The molecule has 1 aromatic carbocycles. The first-order chi connectivity index (χ1) is 10.6. The predicted molar refractivity (Wildman–Crippen MR) is 83.2 cm³/mol. The lowest BCUT2D eigenvalue weighted by Crippen LogP contribution is -2.08. The normalized spacial score (nSPS) is 12.3.